The Kier molecular flexibility index (Phi) is 4.11. The number of aromatic nitrogens is 2. The van der Waals surface area contributed by atoms with Gasteiger partial charge in [0, 0.05) is 18.3 Å². The molecule has 1 N–H and O–H groups in total. The molecule has 6 nitrogen and oxygen atoms in total. The van der Waals surface area contributed by atoms with Crippen LogP contribution in [-0.2, 0) is 6.54 Å². The van der Waals surface area contributed by atoms with Crippen molar-refractivity contribution in [2.75, 3.05) is 16.8 Å². The maximum absolute atomic E-state index is 11.1. The maximum Gasteiger partial charge on any atom is 0.333 e. The van der Waals surface area contributed by atoms with E-state index < -0.39 is 0 Å². The summed E-state index contributed by atoms with van der Waals surface area (Å²) in [4.78, 5) is 10.8. The molecule has 0 bridgehead atoms. The molecule has 1 fully saturated rings. The third-order valence-electron chi connectivity index (χ3n) is 2.98. The zero-order valence-electron chi connectivity index (χ0n) is 10.7. The van der Waals surface area contributed by atoms with Crippen LogP contribution in [0.1, 0.15) is 25.5 Å². The predicted octanol–water partition coefficient (Wildman–Crippen LogP) is 2.43. The van der Waals surface area contributed by atoms with Crippen LogP contribution in [0.3, 0.4) is 0 Å². The van der Waals surface area contributed by atoms with Gasteiger partial charge in [-0.3, -0.25) is 10.1 Å². The van der Waals surface area contributed by atoms with E-state index in [1.807, 2.05) is 18.7 Å². The summed E-state index contributed by atoms with van der Waals surface area (Å²) in [7, 11) is 0. The molecule has 1 saturated heterocycles. The monoisotopic (exact) mass is 270 g/mol. The van der Waals surface area contributed by atoms with Crippen LogP contribution in [0.25, 0.3) is 0 Å². The SMILES string of the molecule is CCCn1nc(C)c([N+](=O)[O-])c1NC1CCSC1. The minimum Gasteiger partial charge on any atom is -0.361 e. The third kappa shape index (κ3) is 2.60. The molecule has 1 aliphatic heterocycles. The van der Waals surface area contributed by atoms with Gasteiger partial charge in [0.15, 0.2) is 0 Å². The average Bonchev–Trinajstić information content (AvgIpc) is 2.89. The Hall–Kier alpha value is -1.24. The van der Waals surface area contributed by atoms with Crippen LogP contribution in [0.5, 0.6) is 0 Å². The van der Waals surface area contributed by atoms with Gasteiger partial charge in [0.2, 0.25) is 5.82 Å². The quantitative estimate of drug-likeness (QED) is 0.657. The highest BCUT2D eigenvalue weighted by Crippen LogP contribution is 2.31. The van der Waals surface area contributed by atoms with Crippen molar-refractivity contribution in [3.8, 4) is 0 Å². The zero-order valence-corrected chi connectivity index (χ0v) is 11.5. The Bertz CT molecular complexity index is 440. The lowest BCUT2D eigenvalue weighted by Gasteiger charge is -2.13. The second kappa shape index (κ2) is 5.60. The molecule has 1 aromatic heterocycles. The summed E-state index contributed by atoms with van der Waals surface area (Å²) >= 11 is 1.88. The molecule has 0 amide bonds. The molecule has 7 heteroatoms. The van der Waals surface area contributed by atoms with E-state index in [9.17, 15) is 10.1 Å². The number of hydrogen-bond donors (Lipinski definition) is 1. The smallest absolute Gasteiger partial charge is 0.333 e. The Morgan fingerprint density at radius 1 is 1.67 bits per heavy atom. The van der Waals surface area contributed by atoms with Crippen LogP contribution >= 0.6 is 11.8 Å². The fourth-order valence-electron chi connectivity index (χ4n) is 2.15. The Morgan fingerprint density at radius 3 is 3.00 bits per heavy atom. The van der Waals surface area contributed by atoms with E-state index in [4.69, 9.17) is 0 Å². The molecule has 100 valence electrons. The van der Waals surface area contributed by atoms with Gasteiger partial charge in [-0.15, -0.1) is 0 Å². The van der Waals surface area contributed by atoms with Crippen molar-refractivity contribution >= 4 is 23.3 Å². The lowest BCUT2D eigenvalue weighted by Crippen LogP contribution is -2.21. The first-order valence-corrected chi connectivity index (χ1v) is 7.35. The highest BCUT2D eigenvalue weighted by atomic mass is 32.2. The summed E-state index contributed by atoms with van der Waals surface area (Å²) < 4.78 is 1.73. The van der Waals surface area contributed by atoms with Crippen LogP contribution in [0.2, 0.25) is 0 Å². The van der Waals surface area contributed by atoms with E-state index in [2.05, 4.69) is 10.4 Å². The van der Waals surface area contributed by atoms with Crippen molar-refractivity contribution in [2.24, 2.45) is 0 Å². The van der Waals surface area contributed by atoms with Crippen LogP contribution in [0.4, 0.5) is 11.5 Å². The van der Waals surface area contributed by atoms with Gasteiger partial charge >= 0.3 is 5.69 Å². The number of hydrogen-bond acceptors (Lipinski definition) is 5. The van der Waals surface area contributed by atoms with Gasteiger partial charge in [0.25, 0.3) is 0 Å². The van der Waals surface area contributed by atoms with Gasteiger partial charge in [0.1, 0.15) is 5.69 Å². The predicted molar refractivity (Wildman–Crippen MR) is 73.3 cm³/mol. The number of aryl methyl sites for hydroxylation is 2. The first-order chi connectivity index (χ1) is 8.63. The third-order valence-corrected chi connectivity index (χ3v) is 4.15. The van der Waals surface area contributed by atoms with Gasteiger partial charge in [-0.05, 0) is 25.5 Å². The molecule has 0 spiro atoms. The summed E-state index contributed by atoms with van der Waals surface area (Å²) in [5, 5.41) is 18.7. The van der Waals surface area contributed by atoms with Crippen molar-refractivity contribution in [1.29, 1.82) is 0 Å². The van der Waals surface area contributed by atoms with Gasteiger partial charge in [-0.2, -0.15) is 16.9 Å². The minimum atomic E-state index is -0.334. The molecular weight excluding hydrogens is 252 g/mol. The number of nitrogens with zero attached hydrogens (tertiary/aromatic N) is 3. The largest absolute Gasteiger partial charge is 0.361 e. The van der Waals surface area contributed by atoms with Crippen LogP contribution < -0.4 is 5.32 Å². The standard InChI is InChI=1S/C11H18N4O2S/c1-3-5-14-11(12-9-4-6-18-7-9)10(15(16)17)8(2)13-14/h9,12H,3-7H2,1-2H3. The summed E-state index contributed by atoms with van der Waals surface area (Å²) in [6.45, 7) is 4.44. The molecule has 0 saturated carbocycles. The molecule has 2 heterocycles. The molecule has 1 unspecified atom stereocenters. The number of anilines is 1. The maximum atomic E-state index is 11.1. The van der Waals surface area contributed by atoms with Gasteiger partial charge in [-0.25, -0.2) is 4.68 Å². The van der Waals surface area contributed by atoms with Crippen LogP contribution in [0.15, 0.2) is 0 Å². The average molecular weight is 270 g/mol. The first kappa shape index (κ1) is 13.2. The van der Waals surface area contributed by atoms with E-state index in [0.29, 0.717) is 24.1 Å². The van der Waals surface area contributed by atoms with Crippen molar-refractivity contribution < 1.29 is 4.92 Å². The number of nitrogens with one attached hydrogen (secondary N) is 1. The van der Waals surface area contributed by atoms with Crippen molar-refractivity contribution in [1.82, 2.24) is 9.78 Å². The summed E-state index contributed by atoms with van der Waals surface area (Å²) in [6.07, 6.45) is 1.96. The van der Waals surface area contributed by atoms with E-state index in [-0.39, 0.29) is 10.6 Å². The van der Waals surface area contributed by atoms with E-state index >= 15 is 0 Å². The molecular formula is C11H18N4O2S. The lowest BCUT2D eigenvalue weighted by molar-refractivity contribution is -0.384. The second-order valence-corrected chi connectivity index (χ2v) is 5.62. The summed E-state index contributed by atoms with van der Waals surface area (Å²) in [5.41, 5.74) is 0.613. The highest BCUT2D eigenvalue weighted by Gasteiger charge is 2.27. The second-order valence-electron chi connectivity index (χ2n) is 4.47. The summed E-state index contributed by atoms with van der Waals surface area (Å²) in [5.74, 6) is 2.70. The van der Waals surface area contributed by atoms with E-state index in [1.54, 1.807) is 11.6 Å². The Balaban J connectivity index is 2.30. The fraction of sp³-hybridized carbons (Fsp3) is 0.727. The normalized spacial score (nSPS) is 19.1. The topological polar surface area (TPSA) is 73.0 Å². The molecule has 2 rings (SSSR count). The van der Waals surface area contributed by atoms with Gasteiger partial charge < -0.3 is 5.32 Å². The summed E-state index contributed by atoms with van der Waals surface area (Å²) in [6, 6.07) is 0.320. The molecule has 0 aliphatic carbocycles. The van der Waals surface area contributed by atoms with Crippen LogP contribution in [-0.4, -0.2) is 32.3 Å². The van der Waals surface area contributed by atoms with E-state index in [1.165, 1.54) is 0 Å². The Labute approximate surface area is 110 Å². The van der Waals surface area contributed by atoms with Crippen LogP contribution in [0, 0.1) is 17.0 Å². The first-order valence-electron chi connectivity index (χ1n) is 6.19. The van der Waals surface area contributed by atoms with Crippen molar-refractivity contribution in [3.63, 3.8) is 0 Å². The molecule has 0 radical (unpaired) electrons. The van der Waals surface area contributed by atoms with E-state index in [0.717, 1.165) is 24.3 Å². The number of thioether (sulfide) groups is 1. The van der Waals surface area contributed by atoms with Crippen molar-refractivity contribution in [3.05, 3.63) is 15.8 Å². The molecule has 1 atom stereocenters. The molecule has 1 aromatic rings. The molecule has 1 aliphatic rings. The number of rotatable bonds is 5. The zero-order chi connectivity index (χ0) is 13.1. The highest BCUT2D eigenvalue weighted by molar-refractivity contribution is 7.99. The van der Waals surface area contributed by atoms with Crippen molar-refractivity contribution in [2.45, 2.75) is 39.3 Å². The minimum absolute atomic E-state index is 0.125. The fourth-order valence-corrected chi connectivity index (χ4v) is 3.30. The molecule has 18 heavy (non-hydrogen) atoms. The lowest BCUT2D eigenvalue weighted by atomic mass is 10.2. The number of nitro groups is 1. The Morgan fingerprint density at radius 2 is 2.44 bits per heavy atom. The molecule has 0 aromatic carbocycles. The van der Waals surface area contributed by atoms with Gasteiger partial charge in [0.05, 0.1) is 4.92 Å². The van der Waals surface area contributed by atoms with Gasteiger partial charge in [-0.1, -0.05) is 6.92 Å².